The van der Waals surface area contributed by atoms with Crippen LogP contribution in [0.5, 0.6) is 0 Å². The zero-order chi connectivity index (χ0) is 32.4. The Kier molecular flexibility index (Phi) is 10.1. The van der Waals surface area contributed by atoms with Crippen molar-refractivity contribution in [3.8, 4) is 0 Å². The number of unbranched alkanes of at least 4 members (excludes halogenated alkanes) is 2. The first-order valence-electron chi connectivity index (χ1n) is 17.6. The summed E-state index contributed by atoms with van der Waals surface area (Å²) in [6, 6.07) is 54.4. The van der Waals surface area contributed by atoms with Gasteiger partial charge in [0.2, 0.25) is 0 Å². The van der Waals surface area contributed by atoms with Gasteiger partial charge in [0.15, 0.2) is 0 Å². The van der Waals surface area contributed by atoms with Gasteiger partial charge in [0, 0.05) is 19.3 Å². The first-order chi connectivity index (χ1) is 23.8. The zero-order valence-corrected chi connectivity index (χ0v) is 27.8. The number of aryl methyl sites for hydroxylation is 1. The van der Waals surface area contributed by atoms with E-state index < -0.39 is 5.54 Å². The predicted molar refractivity (Wildman–Crippen MR) is 199 cm³/mol. The third-order valence-electron chi connectivity index (χ3n) is 9.94. The van der Waals surface area contributed by atoms with E-state index >= 15 is 0 Å². The molecule has 0 unspecified atom stereocenters. The van der Waals surface area contributed by atoms with Crippen LogP contribution in [0.1, 0.15) is 65.6 Å². The Labute approximate surface area is 286 Å². The summed E-state index contributed by atoms with van der Waals surface area (Å²) in [5, 5.41) is 0. The van der Waals surface area contributed by atoms with Crippen molar-refractivity contribution < 1.29 is 0 Å². The van der Waals surface area contributed by atoms with Gasteiger partial charge in [0.25, 0.3) is 0 Å². The molecule has 3 nitrogen and oxygen atoms in total. The van der Waals surface area contributed by atoms with Crippen molar-refractivity contribution in [2.24, 2.45) is 0 Å². The quantitative estimate of drug-likeness (QED) is 0.0995. The van der Waals surface area contributed by atoms with Crippen LogP contribution < -0.4 is 0 Å². The number of rotatable bonds is 12. The Morgan fingerprint density at radius 1 is 0.542 bits per heavy atom. The van der Waals surface area contributed by atoms with Gasteiger partial charge in [0.05, 0.1) is 12.0 Å². The molecule has 3 heteroatoms. The first kappa shape index (κ1) is 31.6. The molecule has 48 heavy (non-hydrogen) atoms. The summed E-state index contributed by atoms with van der Waals surface area (Å²) in [6.07, 6.45) is 11.2. The van der Waals surface area contributed by atoms with Crippen molar-refractivity contribution in [1.82, 2.24) is 14.5 Å². The molecule has 0 radical (unpaired) electrons. The maximum absolute atomic E-state index is 4.97. The minimum absolute atomic E-state index is 0.503. The summed E-state index contributed by atoms with van der Waals surface area (Å²) >= 11 is 0. The Bertz CT molecular complexity index is 1730. The average Bonchev–Trinajstić information content (AvgIpc) is 3.64. The molecule has 240 valence electrons. The van der Waals surface area contributed by atoms with Gasteiger partial charge >= 0.3 is 0 Å². The number of hydrogen-bond acceptors (Lipinski definition) is 2. The normalized spacial score (nSPS) is 13.8. The molecule has 1 aliphatic heterocycles. The van der Waals surface area contributed by atoms with Crippen LogP contribution in [0, 0.1) is 0 Å². The molecule has 1 fully saturated rings. The van der Waals surface area contributed by atoms with Crippen LogP contribution in [0.2, 0.25) is 0 Å². The molecule has 7 rings (SSSR count). The van der Waals surface area contributed by atoms with Gasteiger partial charge in [-0.15, -0.1) is 0 Å². The molecule has 2 heterocycles. The summed E-state index contributed by atoms with van der Waals surface area (Å²) in [6.45, 7) is 3.46. The largest absolute Gasteiger partial charge is 0.319 e. The van der Waals surface area contributed by atoms with Gasteiger partial charge in [-0.05, 0) is 72.0 Å². The summed E-state index contributed by atoms with van der Waals surface area (Å²) in [5.74, 6) is 0. The minimum atomic E-state index is -0.503. The van der Waals surface area contributed by atoms with E-state index in [1.807, 2.05) is 6.33 Å². The molecule has 6 aromatic rings. The molecule has 0 bridgehead atoms. The SMILES string of the molecule is c1ccc(C(=C2CCN(CCCCCc3cn(C(c4ccccc4)(c4ccccc4)c4ccccc4)cn3)CC2)c2ccccc2)cc1. The number of piperidine rings is 1. The number of aromatic nitrogens is 2. The third kappa shape index (κ3) is 6.83. The number of hydrogen-bond donors (Lipinski definition) is 0. The molecular weight excluding hydrogens is 583 g/mol. The van der Waals surface area contributed by atoms with Crippen molar-refractivity contribution in [1.29, 1.82) is 0 Å². The molecule has 0 aliphatic carbocycles. The van der Waals surface area contributed by atoms with E-state index in [9.17, 15) is 0 Å². The fraction of sp³-hybridized carbons (Fsp3) is 0.222. The van der Waals surface area contributed by atoms with E-state index in [2.05, 4.69) is 167 Å². The molecule has 5 aromatic carbocycles. The highest BCUT2D eigenvalue weighted by Crippen LogP contribution is 2.41. The number of nitrogens with zero attached hydrogens (tertiary/aromatic N) is 3. The van der Waals surface area contributed by atoms with E-state index in [0.29, 0.717) is 0 Å². The van der Waals surface area contributed by atoms with Crippen LogP contribution >= 0.6 is 0 Å². The molecule has 0 N–H and O–H groups in total. The Hall–Kier alpha value is -4.99. The molecule has 1 aromatic heterocycles. The lowest BCUT2D eigenvalue weighted by molar-refractivity contribution is 0.251. The van der Waals surface area contributed by atoms with E-state index in [-0.39, 0.29) is 0 Å². The van der Waals surface area contributed by atoms with Crippen LogP contribution in [0.4, 0.5) is 0 Å². The standard InChI is InChI=1S/C45H45N3/c1-7-19-37(20-8-1)44(38-21-9-2-10-22-38)39-30-33-47(34-31-39)32-18-6-17-29-43-35-48(36-46-43)45(40-23-11-3-12-24-40,41-25-13-4-14-26-41)42-27-15-5-16-28-42/h1-5,7-16,19-28,35-36H,6,17-18,29-34H2. The van der Waals surface area contributed by atoms with Crippen molar-refractivity contribution in [2.75, 3.05) is 19.6 Å². The van der Waals surface area contributed by atoms with Gasteiger partial charge < -0.3 is 9.47 Å². The van der Waals surface area contributed by atoms with Gasteiger partial charge in [-0.3, -0.25) is 0 Å². The first-order valence-corrected chi connectivity index (χ1v) is 17.6. The van der Waals surface area contributed by atoms with Gasteiger partial charge in [-0.25, -0.2) is 4.98 Å². The predicted octanol–water partition coefficient (Wildman–Crippen LogP) is 10.0. The van der Waals surface area contributed by atoms with Crippen LogP contribution in [-0.2, 0) is 12.0 Å². The van der Waals surface area contributed by atoms with E-state index in [0.717, 1.165) is 44.5 Å². The average molecular weight is 628 g/mol. The fourth-order valence-electron chi connectivity index (χ4n) is 7.56. The van der Waals surface area contributed by atoms with Crippen molar-refractivity contribution >= 4 is 5.57 Å². The zero-order valence-electron chi connectivity index (χ0n) is 27.8. The Morgan fingerprint density at radius 3 is 1.48 bits per heavy atom. The van der Waals surface area contributed by atoms with Crippen molar-refractivity contribution in [3.05, 3.63) is 203 Å². The fourth-order valence-corrected chi connectivity index (χ4v) is 7.56. The monoisotopic (exact) mass is 627 g/mol. The summed E-state index contributed by atoms with van der Waals surface area (Å²) < 4.78 is 2.33. The smallest absolute Gasteiger partial charge is 0.121 e. The van der Waals surface area contributed by atoms with Crippen LogP contribution in [0.3, 0.4) is 0 Å². The lowest BCUT2D eigenvalue weighted by Crippen LogP contribution is -2.36. The maximum atomic E-state index is 4.97. The molecular formula is C45H45N3. The lowest BCUT2D eigenvalue weighted by atomic mass is 9.77. The minimum Gasteiger partial charge on any atom is -0.319 e. The Balaban J connectivity index is 0.993. The molecule has 1 saturated heterocycles. The second-order valence-corrected chi connectivity index (χ2v) is 12.9. The summed E-state index contributed by atoms with van der Waals surface area (Å²) in [5.41, 5.74) is 10.0. The molecule has 0 atom stereocenters. The highest BCUT2D eigenvalue weighted by atomic mass is 15.1. The van der Waals surface area contributed by atoms with Gasteiger partial charge in [-0.1, -0.05) is 164 Å². The molecule has 0 spiro atoms. The van der Waals surface area contributed by atoms with Crippen LogP contribution in [-0.4, -0.2) is 34.1 Å². The molecule has 0 saturated carbocycles. The number of benzene rings is 5. The lowest BCUT2D eigenvalue weighted by Gasteiger charge is -2.37. The van der Waals surface area contributed by atoms with Crippen molar-refractivity contribution in [3.63, 3.8) is 0 Å². The third-order valence-corrected chi connectivity index (χ3v) is 9.94. The maximum Gasteiger partial charge on any atom is 0.121 e. The molecule has 1 aliphatic rings. The van der Waals surface area contributed by atoms with Crippen LogP contribution in [0.25, 0.3) is 5.57 Å². The Morgan fingerprint density at radius 2 is 1.00 bits per heavy atom. The van der Waals surface area contributed by atoms with Gasteiger partial charge in [-0.2, -0.15) is 0 Å². The second kappa shape index (κ2) is 15.3. The topological polar surface area (TPSA) is 21.1 Å². The highest BCUT2D eigenvalue weighted by Gasteiger charge is 2.38. The van der Waals surface area contributed by atoms with E-state index in [4.69, 9.17) is 4.98 Å². The summed E-state index contributed by atoms with van der Waals surface area (Å²) in [4.78, 5) is 7.63. The second-order valence-electron chi connectivity index (χ2n) is 12.9. The van der Waals surface area contributed by atoms with E-state index in [1.54, 1.807) is 5.57 Å². The van der Waals surface area contributed by atoms with Gasteiger partial charge in [0.1, 0.15) is 5.54 Å². The molecule has 0 amide bonds. The van der Waals surface area contributed by atoms with Crippen molar-refractivity contribution in [2.45, 2.75) is 44.1 Å². The number of likely N-dealkylation sites (tertiary alicyclic amines) is 1. The van der Waals surface area contributed by atoms with E-state index in [1.165, 1.54) is 52.8 Å². The highest BCUT2D eigenvalue weighted by molar-refractivity contribution is 5.82. The number of imidazole rings is 1. The summed E-state index contributed by atoms with van der Waals surface area (Å²) in [7, 11) is 0. The van der Waals surface area contributed by atoms with Crippen LogP contribution in [0.15, 0.2) is 170 Å².